The van der Waals surface area contributed by atoms with Crippen LogP contribution in [-0.2, 0) is 6.54 Å². The number of furan rings is 1. The highest BCUT2D eigenvalue weighted by molar-refractivity contribution is 14.1. The van der Waals surface area contributed by atoms with Crippen LogP contribution in [0, 0.1) is 3.57 Å². The maximum absolute atomic E-state index is 12.4. The van der Waals surface area contributed by atoms with Crippen molar-refractivity contribution in [2.24, 2.45) is 5.10 Å². The summed E-state index contributed by atoms with van der Waals surface area (Å²) in [6, 6.07) is 13.6. The van der Waals surface area contributed by atoms with E-state index in [1.54, 1.807) is 12.3 Å². The van der Waals surface area contributed by atoms with Crippen molar-refractivity contribution in [1.82, 2.24) is 9.99 Å². The number of carbonyl (C=O) groups is 1. The first-order valence-electron chi connectivity index (χ1n) is 8.47. The summed E-state index contributed by atoms with van der Waals surface area (Å²) in [7, 11) is 0. The number of hydrazone groups is 1. The number of halogens is 2. The number of carbonyl (C=O) groups excluding carboxylic acids is 1. The van der Waals surface area contributed by atoms with E-state index in [4.69, 9.17) is 4.42 Å². The average molecular weight is 548 g/mol. The molecule has 1 amide bonds. The van der Waals surface area contributed by atoms with Crippen LogP contribution in [0.2, 0.25) is 0 Å². The summed E-state index contributed by atoms with van der Waals surface area (Å²) in [6.07, 6.45) is 5.47. The first-order chi connectivity index (χ1) is 13.6. The molecule has 2 aromatic heterocycles. The number of para-hydroxylation sites is 1. The highest BCUT2D eigenvalue weighted by Crippen LogP contribution is 2.28. The highest BCUT2D eigenvalue weighted by Gasteiger charge is 2.14. The van der Waals surface area contributed by atoms with Gasteiger partial charge in [-0.2, -0.15) is 5.10 Å². The number of nitrogens with one attached hydrogen (secondary N) is 1. The summed E-state index contributed by atoms with van der Waals surface area (Å²) in [5.74, 6) is -0.175. The van der Waals surface area contributed by atoms with Crippen LogP contribution in [0.4, 0.5) is 0 Å². The SMILES string of the molecule is C=CCn1cc(/C=N\NC(=O)c2cc3cc(Br)cc(I)c3o2)c2ccccc21. The van der Waals surface area contributed by atoms with Gasteiger partial charge in [-0.05, 0) is 46.9 Å². The monoisotopic (exact) mass is 547 g/mol. The van der Waals surface area contributed by atoms with E-state index in [1.165, 1.54) is 0 Å². The van der Waals surface area contributed by atoms with E-state index in [1.807, 2.05) is 48.7 Å². The Morgan fingerprint density at radius 3 is 2.96 bits per heavy atom. The number of aromatic nitrogens is 1. The zero-order valence-corrected chi connectivity index (χ0v) is 18.4. The number of hydrogen-bond acceptors (Lipinski definition) is 3. The first-order valence-corrected chi connectivity index (χ1v) is 10.3. The van der Waals surface area contributed by atoms with Crippen LogP contribution in [0.15, 0.2) is 75.3 Å². The van der Waals surface area contributed by atoms with Gasteiger partial charge in [0, 0.05) is 39.1 Å². The summed E-state index contributed by atoms with van der Waals surface area (Å²) < 4.78 is 9.65. The van der Waals surface area contributed by atoms with Crippen LogP contribution < -0.4 is 5.43 Å². The van der Waals surface area contributed by atoms with Gasteiger partial charge >= 0.3 is 5.91 Å². The number of hydrogen-bond donors (Lipinski definition) is 1. The lowest BCUT2D eigenvalue weighted by Gasteiger charge is -1.98. The summed E-state index contributed by atoms with van der Waals surface area (Å²) in [5, 5.41) is 6.04. The molecule has 0 atom stereocenters. The molecule has 2 aromatic carbocycles. The quantitative estimate of drug-likeness (QED) is 0.151. The fourth-order valence-corrected chi connectivity index (χ4v) is 4.73. The molecule has 0 aliphatic heterocycles. The van der Waals surface area contributed by atoms with E-state index in [2.05, 4.69) is 60.2 Å². The molecular weight excluding hydrogens is 533 g/mol. The van der Waals surface area contributed by atoms with E-state index in [0.717, 1.165) is 29.9 Å². The number of benzene rings is 2. The van der Waals surface area contributed by atoms with Gasteiger partial charge in [0.1, 0.15) is 5.58 Å². The Morgan fingerprint density at radius 2 is 2.14 bits per heavy atom. The third-order valence-corrected chi connectivity index (χ3v) is 5.53. The Bertz CT molecular complexity index is 1240. The largest absolute Gasteiger partial charge is 0.450 e. The second kappa shape index (κ2) is 7.92. The lowest BCUT2D eigenvalue weighted by Crippen LogP contribution is -2.16. The van der Waals surface area contributed by atoms with Gasteiger partial charge in [-0.25, -0.2) is 5.43 Å². The van der Waals surface area contributed by atoms with Gasteiger partial charge in [0.25, 0.3) is 0 Å². The molecule has 1 N–H and O–H groups in total. The van der Waals surface area contributed by atoms with E-state index >= 15 is 0 Å². The fourth-order valence-electron chi connectivity index (χ4n) is 3.07. The Kier molecular flexibility index (Phi) is 5.36. The van der Waals surface area contributed by atoms with Crippen LogP contribution in [0.25, 0.3) is 21.9 Å². The van der Waals surface area contributed by atoms with Crippen LogP contribution >= 0.6 is 38.5 Å². The molecule has 0 radical (unpaired) electrons. The predicted molar refractivity (Wildman–Crippen MR) is 124 cm³/mol. The van der Waals surface area contributed by atoms with Gasteiger partial charge < -0.3 is 8.98 Å². The summed E-state index contributed by atoms with van der Waals surface area (Å²) in [5.41, 5.74) is 5.24. The normalized spacial score (nSPS) is 11.5. The average Bonchev–Trinajstić information content (AvgIpc) is 3.25. The van der Waals surface area contributed by atoms with Crippen molar-refractivity contribution in [3.8, 4) is 0 Å². The third-order valence-electron chi connectivity index (χ3n) is 4.27. The van der Waals surface area contributed by atoms with Crippen molar-refractivity contribution in [2.75, 3.05) is 0 Å². The van der Waals surface area contributed by atoms with E-state index in [0.29, 0.717) is 12.1 Å². The smallest absolute Gasteiger partial charge is 0.307 e. The molecule has 0 spiro atoms. The van der Waals surface area contributed by atoms with Crippen molar-refractivity contribution in [3.05, 3.63) is 80.7 Å². The molecule has 140 valence electrons. The molecular formula is C21H15BrIN3O2. The van der Waals surface area contributed by atoms with E-state index in [-0.39, 0.29) is 5.76 Å². The molecule has 0 aliphatic rings. The van der Waals surface area contributed by atoms with Crippen LogP contribution in [0.1, 0.15) is 16.1 Å². The zero-order chi connectivity index (χ0) is 19.7. The molecule has 0 saturated carbocycles. The molecule has 7 heteroatoms. The lowest BCUT2D eigenvalue weighted by atomic mass is 10.2. The molecule has 28 heavy (non-hydrogen) atoms. The summed E-state index contributed by atoms with van der Waals surface area (Å²) in [6.45, 7) is 4.50. The van der Waals surface area contributed by atoms with Crippen molar-refractivity contribution in [2.45, 2.75) is 6.54 Å². The highest BCUT2D eigenvalue weighted by atomic mass is 127. The number of fused-ring (bicyclic) bond motifs is 2. The van der Waals surface area contributed by atoms with Crippen molar-refractivity contribution in [1.29, 1.82) is 0 Å². The Morgan fingerprint density at radius 1 is 1.32 bits per heavy atom. The van der Waals surface area contributed by atoms with Gasteiger partial charge in [-0.1, -0.05) is 40.2 Å². The molecule has 4 rings (SSSR count). The summed E-state index contributed by atoms with van der Waals surface area (Å²) in [4.78, 5) is 12.4. The van der Waals surface area contributed by atoms with Gasteiger partial charge in [0.05, 0.1) is 9.78 Å². The van der Waals surface area contributed by atoms with Gasteiger partial charge in [-0.3, -0.25) is 4.79 Å². The molecule has 0 saturated heterocycles. The van der Waals surface area contributed by atoms with Crippen LogP contribution in [0.5, 0.6) is 0 Å². The Hall–Kier alpha value is -2.39. The number of allylic oxidation sites excluding steroid dienone is 1. The first kappa shape index (κ1) is 18.9. The fraction of sp³-hybridized carbons (Fsp3) is 0.0476. The summed E-state index contributed by atoms with van der Waals surface area (Å²) >= 11 is 5.63. The standard InChI is InChI=1S/C21H15BrIN3O2/c1-2-7-26-12-14(16-5-3-4-6-18(16)26)11-24-25-21(27)19-9-13-8-15(22)10-17(23)20(13)28-19/h2-6,8-12H,1,7H2,(H,25,27)/b24-11-. The molecule has 4 aromatic rings. The molecule has 0 bridgehead atoms. The lowest BCUT2D eigenvalue weighted by molar-refractivity contribution is 0.0929. The minimum atomic E-state index is -0.394. The van der Waals surface area contributed by atoms with Crippen LogP contribution in [0.3, 0.4) is 0 Å². The van der Waals surface area contributed by atoms with Gasteiger partial charge in [0.15, 0.2) is 5.76 Å². The minimum Gasteiger partial charge on any atom is -0.450 e. The second-order valence-electron chi connectivity index (χ2n) is 6.16. The zero-order valence-electron chi connectivity index (χ0n) is 14.7. The molecule has 5 nitrogen and oxygen atoms in total. The van der Waals surface area contributed by atoms with Gasteiger partial charge in [-0.15, -0.1) is 6.58 Å². The second-order valence-corrected chi connectivity index (χ2v) is 8.24. The third kappa shape index (κ3) is 3.64. The number of rotatable bonds is 5. The van der Waals surface area contributed by atoms with Crippen LogP contribution in [-0.4, -0.2) is 16.7 Å². The van der Waals surface area contributed by atoms with Crippen molar-refractivity contribution in [3.63, 3.8) is 0 Å². The number of amides is 1. The van der Waals surface area contributed by atoms with E-state index in [9.17, 15) is 4.79 Å². The molecule has 0 aliphatic carbocycles. The molecule has 0 fully saturated rings. The Balaban J connectivity index is 1.57. The maximum Gasteiger partial charge on any atom is 0.307 e. The topological polar surface area (TPSA) is 59.5 Å². The molecule has 0 unspecified atom stereocenters. The minimum absolute atomic E-state index is 0.220. The maximum atomic E-state index is 12.4. The Labute approximate surface area is 183 Å². The van der Waals surface area contributed by atoms with E-state index < -0.39 is 5.91 Å². The van der Waals surface area contributed by atoms with Crippen molar-refractivity contribution < 1.29 is 9.21 Å². The number of nitrogens with zero attached hydrogens (tertiary/aromatic N) is 2. The van der Waals surface area contributed by atoms with Crippen molar-refractivity contribution >= 4 is 72.5 Å². The predicted octanol–water partition coefficient (Wildman–Crippen LogP) is 5.70. The molecule has 2 heterocycles. The van der Waals surface area contributed by atoms with Gasteiger partial charge in [0.2, 0.25) is 0 Å².